The molecule has 0 aliphatic carbocycles. The number of aliphatic imine (C=N–C) groups is 1. The van der Waals surface area contributed by atoms with Crippen LogP contribution in [0.5, 0.6) is 0 Å². The van der Waals surface area contributed by atoms with Crippen molar-refractivity contribution < 1.29 is 21.6 Å². The topological polar surface area (TPSA) is 19.8 Å². The van der Waals surface area contributed by atoms with Crippen molar-refractivity contribution in [1.82, 2.24) is 4.40 Å². The van der Waals surface area contributed by atoms with Crippen molar-refractivity contribution in [2.75, 3.05) is 7.05 Å². The van der Waals surface area contributed by atoms with E-state index in [9.17, 15) is 0 Å². The summed E-state index contributed by atoms with van der Waals surface area (Å²) in [6.07, 6.45) is 2.08. The fraction of sp³-hybridized carbons (Fsp3) is 0.0833. The smallest absolute Gasteiger partial charge is 0.214 e. The van der Waals surface area contributed by atoms with Crippen molar-refractivity contribution in [2.45, 2.75) is 6.92 Å². The Morgan fingerprint density at radius 3 is 2.36 bits per heavy atom. The maximum Gasteiger partial charge on any atom is 0.214 e. The van der Waals surface area contributed by atoms with Crippen LogP contribution >= 0.6 is 0 Å². The zero-order valence-corrected chi connectivity index (χ0v) is 17.4. The Labute approximate surface area is 175 Å². The molecule has 1 aliphatic rings. The highest BCUT2D eigenvalue weighted by Crippen LogP contribution is 2.36. The molecule has 138 valence electrons. The lowest BCUT2D eigenvalue weighted by Gasteiger charge is -2.04. The maximum atomic E-state index is 5.20. The summed E-state index contributed by atoms with van der Waals surface area (Å²) >= 11 is 0. The SMILES string of the molecule is CC1=[N+](C)c2ccccc2/C1=N\c1c(-c2ccccc2)cc2ccccn12.[Br-]. The molecule has 0 spiro atoms. The predicted molar refractivity (Wildman–Crippen MR) is 112 cm³/mol. The Balaban J connectivity index is 0.00000192. The normalized spacial score (nSPS) is 14.4. The van der Waals surface area contributed by atoms with E-state index in [1.54, 1.807) is 0 Å². The van der Waals surface area contributed by atoms with Gasteiger partial charge in [0, 0.05) is 30.3 Å². The summed E-state index contributed by atoms with van der Waals surface area (Å²) < 4.78 is 4.38. The van der Waals surface area contributed by atoms with Crippen LogP contribution in [0.4, 0.5) is 11.5 Å². The molecule has 28 heavy (non-hydrogen) atoms. The standard InChI is InChI=1S/C24H20N3.BrH/c1-17-23(20-13-6-7-14-22(20)26(17)2)25-24-21(18-10-4-3-5-11-18)16-19-12-8-9-15-27(19)24;/h3-16H,1-2H3;1H/q+1;/p-1. The molecule has 5 rings (SSSR count). The monoisotopic (exact) mass is 429 g/mol. The number of aromatic nitrogens is 1. The molecule has 0 saturated heterocycles. The molecule has 0 bridgehead atoms. The number of hydrogen-bond acceptors (Lipinski definition) is 1. The first-order valence-electron chi connectivity index (χ1n) is 9.15. The summed E-state index contributed by atoms with van der Waals surface area (Å²) in [7, 11) is 2.10. The van der Waals surface area contributed by atoms with E-state index in [2.05, 4.69) is 102 Å². The molecule has 2 aromatic heterocycles. The van der Waals surface area contributed by atoms with Gasteiger partial charge in [0.15, 0.2) is 0 Å². The minimum Gasteiger partial charge on any atom is -1.00 e. The maximum absolute atomic E-state index is 5.20. The van der Waals surface area contributed by atoms with Gasteiger partial charge in [-0.05, 0) is 29.8 Å². The summed E-state index contributed by atoms with van der Waals surface area (Å²) in [5.74, 6) is 0.969. The van der Waals surface area contributed by atoms with Gasteiger partial charge >= 0.3 is 0 Å². The lowest BCUT2D eigenvalue weighted by atomic mass is 10.1. The van der Waals surface area contributed by atoms with Crippen LogP contribution in [-0.4, -0.2) is 27.4 Å². The van der Waals surface area contributed by atoms with Crippen LogP contribution in [0.25, 0.3) is 16.6 Å². The van der Waals surface area contributed by atoms with Gasteiger partial charge in [-0.3, -0.25) is 0 Å². The van der Waals surface area contributed by atoms with Crippen molar-refractivity contribution in [3.8, 4) is 11.1 Å². The molecule has 0 radical (unpaired) electrons. The van der Waals surface area contributed by atoms with Crippen molar-refractivity contribution in [3.63, 3.8) is 0 Å². The number of nitrogens with zero attached hydrogens (tertiary/aromatic N) is 3. The third-order valence-electron chi connectivity index (χ3n) is 5.32. The van der Waals surface area contributed by atoms with Crippen molar-refractivity contribution in [1.29, 1.82) is 0 Å². The van der Waals surface area contributed by atoms with Crippen LogP contribution < -0.4 is 17.0 Å². The molecule has 0 fully saturated rings. The lowest BCUT2D eigenvalue weighted by molar-refractivity contribution is -0.400. The molecule has 4 aromatic rings. The summed E-state index contributed by atoms with van der Waals surface area (Å²) in [5, 5.41) is 0. The fourth-order valence-electron chi connectivity index (χ4n) is 3.80. The highest BCUT2D eigenvalue weighted by atomic mass is 79.9. The summed E-state index contributed by atoms with van der Waals surface area (Å²) in [6, 6.07) is 27.4. The lowest BCUT2D eigenvalue weighted by Crippen LogP contribution is -3.00. The summed E-state index contributed by atoms with van der Waals surface area (Å²) in [5.41, 5.74) is 8.06. The van der Waals surface area contributed by atoms with E-state index in [1.165, 1.54) is 22.5 Å². The molecule has 0 unspecified atom stereocenters. The number of para-hydroxylation sites is 1. The molecule has 0 saturated carbocycles. The average Bonchev–Trinajstić information content (AvgIpc) is 3.20. The molecular formula is C24H20BrN3. The van der Waals surface area contributed by atoms with E-state index >= 15 is 0 Å². The summed E-state index contributed by atoms with van der Waals surface area (Å²) in [4.78, 5) is 5.20. The number of fused-ring (bicyclic) bond motifs is 2. The van der Waals surface area contributed by atoms with Gasteiger partial charge in [0.1, 0.15) is 18.6 Å². The second kappa shape index (κ2) is 7.21. The van der Waals surface area contributed by atoms with Gasteiger partial charge in [0.05, 0.1) is 5.56 Å². The van der Waals surface area contributed by atoms with Crippen molar-refractivity contribution in [2.24, 2.45) is 4.99 Å². The van der Waals surface area contributed by atoms with E-state index in [0.717, 1.165) is 22.6 Å². The fourth-order valence-corrected chi connectivity index (χ4v) is 3.80. The van der Waals surface area contributed by atoms with Gasteiger partial charge < -0.3 is 21.4 Å². The zero-order valence-electron chi connectivity index (χ0n) is 15.8. The molecule has 1 aliphatic heterocycles. The van der Waals surface area contributed by atoms with Gasteiger partial charge in [-0.15, -0.1) is 0 Å². The Morgan fingerprint density at radius 2 is 1.54 bits per heavy atom. The number of halogens is 1. The van der Waals surface area contributed by atoms with Gasteiger partial charge in [-0.1, -0.05) is 48.5 Å². The first kappa shape index (κ1) is 18.4. The van der Waals surface area contributed by atoms with E-state index in [4.69, 9.17) is 4.99 Å². The van der Waals surface area contributed by atoms with Crippen LogP contribution in [0.3, 0.4) is 0 Å². The number of hydrogen-bond donors (Lipinski definition) is 0. The molecule has 3 nitrogen and oxygen atoms in total. The Morgan fingerprint density at radius 1 is 0.821 bits per heavy atom. The van der Waals surface area contributed by atoms with Crippen molar-refractivity contribution in [3.05, 3.63) is 90.6 Å². The van der Waals surface area contributed by atoms with Crippen LogP contribution in [0, 0.1) is 0 Å². The zero-order chi connectivity index (χ0) is 18.4. The van der Waals surface area contributed by atoms with Crippen LogP contribution in [0.1, 0.15) is 12.5 Å². The van der Waals surface area contributed by atoms with E-state index in [-0.39, 0.29) is 17.0 Å². The van der Waals surface area contributed by atoms with Crippen LogP contribution in [0.15, 0.2) is 90.1 Å². The molecule has 2 aromatic carbocycles. The third kappa shape index (κ3) is 2.81. The summed E-state index contributed by atoms with van der Waals surface area (Å²) in [6.45, 7) is 2.14. The first-order valence-corrected chi connectivity index (χ1v) is 9.15. The second-order valence-corrected chi connectivity index (χ2v) is 6.87. The van der Waals surface area contributed by atoms with Crippen molar-refractivity contribution >= 4 is 28.4 Å². The quantitative estimate of drug-likeness (QED) is 0.436. The van der Waals surface area contributed by atoms with Gasteiger partial charge in [-0.25, -0.2) is 4.99 Å². The van der Waals surface area contributed by atoms with Gasteiger partial charge in [0.25, 0.3) is 0 Å². The van der Waals surface area contributed by atoms with E-state index in [0.29, 0.717) is 0 Å². The molecule has 0 atom stereocenters. The number of rotatable bonds is 2. The van der Waals surface area contributed by atoms with Gasteiger partial charge in [0.2, 0.25) is 11.4 Å². The second-order valence-electron chi connectivity index (χ2n) is 6.87. The third-order valence-corrected chi connectivity index (χ3v) is 5.32. The number of pyridine rings is 1. The molecule has 0 amide bonds. The Kier molecular flexibility index (Phi) is 4.73. The predicted octanol–water partition coefficient (Wildman–Crippen LogP) is 2.48. The molecule has 0 N–H and O–H groups in total. The van der Waals surface area contributed by atoms with E-state index < -0.39 is 0 Å². The number of benzene rings is 2. The Bertz CT molecular complexity index is 1230. The van der Waals surface area contributed by atoms with Crippen LogP contribution in [0.2, 0.25) is 0 Å². The first-order chi connectivity index (χ1) is 13.2. The highest BCUT2D eigenvalue weighted by Gasteiger charge is 2.31. The largest absolute Gasteiger partial charge is 1.00 e. The molecule has 3 heterocycles. The highest BCUT2D eigenvalue weighted by molar-refractivity contribution is 6.49. The van der Waals surface area contributed by atoms with E-state index in [1.807, 2.05) is 6.07 Å². The van der Waals surface area contributed by atoms with Crippen LogP contribution in [-0.2, 0) is 0 Å². The minimum atomic E-state index is 0. The Hall–Kier alpha value is -2.98. The molecule has 4 heteroatoms. The minimum absolute atomic E-state index is 0. The van der Waals surface area contributed by atoms with Gasteiger partial charge in [-0.2, -0.15) is 4.58 Å². The molecular weight excluding hydrogens is 410 g/mol. The average molecular weight is 430 g/mol.